The molecule has 0 bridgehead atoms. The standard InChI is InChI=1S/C13H16F3NO2/c14-13(15,16)12-6-10(4-3-9(12)7-17)19-8-11-2-1-5-18-11/h3-4,6,11H,1-2,5,7-8,17H2. The Morgan fingerprint density at radius 3 is 2.74 bits per heavy atom. The van der Waals surface area contributed by atoms with E-state index in [9.17, 15) is 13.2 Å². The molecule has 2 rings (SSSR count). The van der Waals surface area contributed by atoms with Gasteiger partial charge < -0.3 is 15.2 Å². The molecule has 1 aliphatic heterocycles. The average Bonchev–Trinajstić information content (AvgIpc) is 2.88. The third-order valence-corrected chi connectivity index (χ3v) is 3.07. The molecule has 0 aromatic heterocycles. The zero-order valence-corrected chi connectivity index (χ0v) is 10.4. The van der Waals surface area contributed by atoms with E-state index in [1.807, 2.05) is 0 Å². The highest BCUT2D eigenvalue weighted by atomic mass is 19.4. The molecule has 106 valence electrons. The Balaban J connectivity index is 2.08. The molecule has 1 aliphatic rings. The van der Waals surface area contributed by atoms with E-state index in [0.717, 1.165) is 18.9 Å². The SMILES string of the molecule is NCc1ccc(OCC2CCCO2)cc1C(F)(F)F. The van der Waals surface area contributed by atoms with Crippen LogP contribution in [0.3, 0.4) is 0 Å². The van der Waals surface area contributed by atoms with Crippen molar-refractivity contribution in [3.63, 3.8) is 0 Å². The van der Waals surface area contributed by atoms with Crippen molar-refractivity contribution in [2.75, 3.05) is 13.2 Å². The molecule has 1 heterocycles. The molecule has 19 heavy (non-hydrogen) atoms. The van der Waals surface area contributed by atoms with Crippen molar-refractivity contribution in [3.8, 4) is 5.75 Å². The lowest BCUT2D eigenvalue weighted by molar-refractivity contribution is -0.138. The number of nitrogens with two attached hydrogens (primary N) is 1. The first-order valence-corrected chi connectivity index (χ1v) is 6.15. The van der Waals surface area contributed by atoms with Crippen LogP contribution in [-0.2, 0) is 17.5 Å². The Bertz CT molecular complexity index is 428. The van der Waals surface area contributed by atoms with Crippen LogP contribution in [0.25, 0.3) is 0 Å². The third kappa shape index (κ3) is 3.61. The van der Waals surface area contributed by atoms with Crippen LogP contribution in [0, 0.1) is 0 Å². The van der Waals surface area contributed by atoms with Gasteiger partial charge in [-0.3, -0.25) is 0 Å². The predicted octanol–water partition coefficient (Wildman–Crippen LogP) is 2.72. The van der Waals surface area contributed by atoms with Gasteiger partial charge in [0.05, 0.1) is 11.7 Å². The second kappa shape index (κ2) is 5.79. The minimum absolute atomic E-state index is 0.0245. The van der Waals surface area contributed by atoms with E-state index in [0.29, 0.717) is 6.61 Å². The lowest BCUT2D eigenvalue weighted by atomic mass is 10.1. The summed E-state index contributed by atoms with van der Waals surface area (Å²) in [6.07, 6.45) is -2.60. The van der Waals surface area contributed by atoms with Gasteiger partial charge in [0.15, 0.2) is 0 Å². The number of alkyl halides is 3. The highest BCUT2D eigenvalue weighted by Gasteiger charge is 2.33. The normalized spacial score (nSPS) is 19.7. The first-order valence-electron chi connectivity index (χ1n) is 6.15. The topological polar surface area (TPSA) is 44.5 Å². The van der Waals surface area contributed by atoms with Gasteiger partial charge in [-0.2, -0.15) is 13.2 Å². The van der Waals surface area contributed by atoms with Crippen LogP contribution in [0.5, 0.6) is 5.75 Å². The minimum Gasteiger partial charge on any atom is -0.491 e. The number of halogens is 3. The molecule has 1 aromatic carbocycles. The molecule has 1 atom stereocenters. The molecular formula is C13H16F3NO2. The van der Waals surface area contributed by atoms with Gasteiger partial charge in [-0.05, 0) is 30.5 Å². The molecule has 1 aromatic rings. The van der Waals surface area contributed by atoms with Crippen molar-refractivity contribution in [1.82, 2.24) is 0 Å². The fourth-order valence-corrected chi connectivity index (χ4v) is 2.05. The van der Waals surface area contributed by atoms with Crippen LogP contribution in [0.1, 0.15) is 24.0 Å². The molecule has 3 nitrogen and oxygen atoms in total. The lowest BCUT2D eigenvalue weighted by Gasteiger charge is -2.15. The quantitative estimate of drug-likeness (QED) is 0.919. The number of benzene rings is 1. The van der Waals surface area contributed by atoms with Gasteiger partial charge in [0.2, 0.25) is 0 Å². The summed E-state index contributed by atoms with van der Waals surface area (Å²) in [5, 5.41) is 0. The van der Waals surface area contributed by atoms with E-state index in [-0.39, 0.29) is 30.6 Å². The van der Waals surface area contributed by atoms with Gasteiger partial charge >= 0.3 is 6.18 Å². The van der Waals surface area contributed by atoms with E-state index >= 15 is 0 Å². The Hall–Kier alpha value is -1.27. The maximum Gasteiger partial charge on any atom is 0.416 e. The zero-order valence-electron chi connectivity index (χ0n) is 10.4. The molecule has 2 N–H and O–H groups in total. The summed E-state index contributed by atoms with van der Waals surface area (Å²) in [4.78, 5) is 0. The molecule has 0 amide bonds. The summed E-state index contributed by atoms with van der Waals surface area (Å²) in [5.41, 5.74) is 4.64. The molecule has 1 saturated heterocycles. The zero-order chi connectivity index (χ0) is 13.9. The van der Waals surface area contributed by atoms with E-state index < -0.39 is 11.7 Å². The van der Waals surface area contributed by atoms with Crippen LogP contribution in [0.15, 0.2) is 18.2 Å². The minimum atomic E-state index is -4.42. The first kappa shape index (κ1) is 14.1. The second-order valence-corrected chi connectivity index (χ2v) is 4.47. The highest BCUT2D eigenvalue weighted by Crippen LogP contribution is 2.34. The summed E-state index contributed by atoms with van der Waals surface area (Å²) in [6, 6.07) is 3.86. The second-order valence-electron chi connectivity index (χ2n) is 4.47. The lowest BCUT2D eigenvalue weighted by Crippen LogP contribution is -2.17. The van der Waals surface area contributed by atoms with Crippen molar-refractivity contribution in [2.24, 2.45) is 5.73 Å². The van der Waals surface area contributed by atoms with E-state index in [4.69, 9.17) is 15.2 Å². The number of hydrogen-bond donors (Lipinski definition) is 1. The Labute approximate surface area is 109 Å². The van der Waals surface area contributed by atoms with Crippen LogP contribution in [0.2, 0.25) is 0 Å². The fraction of sp³-hybridized carbons (Fsp3) is 0.538. The van der Waals surface area contributed by atoms with E-state index in [1.165, 1.54) is 12.1 Å². The van der Waals surface area contributed by atoms with Crippen LogP contribution in [-0.4, -0.2) is 19.3 Å². The van der Waals surface area contributed by atoms with Gasteiger partial charge in [0.25, 0.3) is 0 Å². The van der Waals surface area contributed by atoms with Gasteiger partial charge in [-0.1, -0.05) is 6.07 Å². The van der Waals surface area contributed by atoms with Gasteiger partial charge in [-0.15, -0.1) is 0 Å². The summed E-state index contributed by atoms with van der Waals surface area (Å²) >= 11 is 0. The predicted molar refractivity (Wildman–Crippen MR) is 63.8 cm³/mol. The molecule has 0 saturated carbocycles. The number of rotatable bonds is 4. The van der Waals surface area contributed by atoms with E-state index in [1.54, 1.807) is 0 Å². The Kier molecular flexibility index (Phi) is 4.31. The number of hydrogen-bond acceptors (Lipinski definition) is 3. The van der Waals surface area contributed by atoms with Gasteiger partial charge in [0, 0.05) is 13.2 Å². The maximum atomic E-state index is 12.8. The van der Waals surface area contributed by atoms with Crippen LogP contribution >= 0.6 is 0 Å². The van der Waals surface area contributed by atoms with Crippen molar-refractivity contribution in [3.05, 3.63) is 29.3 Å². The largest absolute Gasteiger partial charge is 0.491 e. The molecule has 0 aliphatic carbocycles. The summed E-state index contributed by atoms with van der Waals surface area (Å²) in [5.74, 6) is 0.194. The molecule has 0 radical (unpaired) electrons. The average molecular weight is 275 g/mol. The van der Waals surface area contributed by atoms with Crippen LogP contribution in [0.4, 0.5) is 13.2 Å². The van der Waals surface area contributed by atoms with Gasteiger partial charge in [0.1, 0.15) is 12.4 Å². The molecule has 0 spiro atoms. The monoisotopic (exact) mass is 275 g/mol. The van der Waals surface area contributed by atoms with Crippen molar-refractivity contribution in [2.45, 2.75) is 31.7 Å². The molecule has 6 heteroatoms. The number of ether oxygens (including phenoxy) is 2. The summed E-state index contributed by atoms with van der Waals surface area (Å²) in [7, 11) is 0. The smallest absolute Gasteiger partial charge is 0.416 e. The van der Waals surface area contributed by atoms with Crippen LogP contribution < -0.4 is 10.5 Å². The third-order valence-electron chi connectivity index (χ3n) is 3.07. The highest BCUT2D eigenvalue weighted by molar-refractivity contribution is 5.37. The molecule has 1 unspecified atom stereocenters. The van der Waals surface area contributed by atoms with Crippen molar-refractivity contribution >= 4 is 0 Å². The first-order chi connectivity index (χ1) is 9.00. The van der Waals surface area contributed by atoms with Crippen molar-refractivity contribution < 1.29 is 22.6 Å². The van der Waals surface area contributed by atoms with Crippen molar-refractivity contribution in [1.29, 1.82) is 0 Å². The maximum absolute atomic E-state index is 12.8. The molecule has 1 fully saturated rings. The summed E-state index contributed by atoms with van der Waals surface area (Å²) < 4.78 is 49.2. The van der Waals surface area contributed by atoms with E-state index in [2.05, 4.69) is 0 Å². The Morgan fingerprint density at radius 1 is 1.37 bits per heavy atom. The summed E-state index contributed by atoms with van der Waals surface area (Å²) in [6.45, 7) is 0.814. The molecular weight excluding hydrogens is 259 g/mol. The van der Waals surface area contributed by atoms with Gasteiger partial charge in [-0.25, -0.2) is 0 Å². The fourth-order valence-electron chi connectivity index (χ4n) is 2.05. The Morgan fingerprint density at radius 2 is 2.16 bits per heavy atom.